The standard InChI is InChI=1S/C16H22N4O2S/c1-4-13-17-11(10-23-13)9-18(2)15(21)14-12-7-5-6-8-20(12)16(22)19(14)3/h10H,4-9H2,1-3H3. The summed E-state index contributed by atoms with van der Waals surface area (Å²) >= 11 is 1.62. The zero-order valence-electron chi connectivity index (χ0n) is 13.8. The number of imidazole rings is 1. The van der Waals surface area contributed by atoms with Gasteiger partial charge in [0.15, 0.2) is 0 Å². The first-order chi connectivity index (χ1) is 11.0. The Morgan fingerprint density at radius 3 is 2.91 bits per heavy atom. The second-order valence-electron chi connectivity index (χ2n) is 5.99. The molecule has 0 atom stereocenters. The summed E-state index contributed by atoms with van der Waals surface area (Å²) in [6.07, 6.45) is 3.73. The van der Waals surface area contributed by atoms with Gasteiger partial charge in [0.25, 0.3) is 5.91 Å². The fraction of sp³-hybridized carbons (Fsp3) is 0.562. The smallest absolute Gasteiger partial charge is 0.328 e. The first-order valence-corrected chi connectivity index (χ1v) is 8.88. The Kier molecular flexibility index (Phi) is 4.39. The molecule has 0 aromatic carbocycles. The molecule has 2 aromatic heterocycles. The maximum atomic E-state index is 12.9. The van der Waals surface area contributed by atoms with Crippen molar-refractivity contribution in [3.63, 3.8) is 0 Å². The van der Waals surface area contributed by atoms with Crippen LogP contribution in [-0.2, 0) is 33.0 Å². The zero-order chi connectivity index (χ0) is 16.6. The first kappa shape index (κ1) is 16.0. The Morgan fingerprint density at radius 1 is 1.43 bits per heavy atom. The topological polar surface area (TPSA) is 60.1 Å². The number of aryl methyl sites for hydroxylation is 1. The number of nitrogens with zero attached hydrogens (tertiary/aromatic N) is 4. The lowest BCUT2D eigenvalue weighted by Crippen LogP contribution is -2.30. The quantitative estimate of drug-likeness (QED) is 0.857. The number of thiazole rings is 1. The van der Waals surface area contributed by atoms with E-state index >= 15 is 0 Å². The number of fused-ring (bicyclic) bond motifs is 1. The van der Waals surface area contributed by atoms with Crippen LogP contribution in [0.25, 0.3) is 0 Å². The second kappa shape index (κ2) is 6.31. The molecule has 1 aliphatic rings. The van der Waals surface area contributed by atoms with Crippen molar-refractivity contribution in [3.8, 4) is 0 Å². The average Bonchev–Trinajstić information content (AvgIpc) is 3.11. The molecular formula is C16H22N4O2S. The molecule has 3 heterocycles. The van der Waals surface area contributed by atoms with Crippen LogP contribution in [0.2, 0.25) is 0 Å². The van der Waals surface area contributed by atoms with E-state index in [1.165, 1.54) is 4.57 Å². The molecule has 23 heavy (non-hydrogen) atoms. The number of rotatable bonds is 4. The Hall–Kier alpha value is -1.89. The summed E-state index contributed by atoms with van der Waals surface area (Å²) < 4.78 is 3.25. The van der Waals surface area contributed by atoms with Crippen LogP contribution in [0.3, 0.4) is 0 Å². The number of carbonyl (C=O) groups excluding carboxylic acids is 1. The van der Waals surface area contributed by atoms with E-state index in [1.54, 1.807) is 34.9 Å². The van der Waals surface area contributed by atoms with E-state index in [-0.39, 0.29) is 11.6 Å². The summed E-state index contributed by atoms with van der Waals surface area (Å²) in [4.78, 5) is 31.3. The van der Waals surface area contributed by atoms with Crippen molar-refractivity contribution in [2.24, 2.45) is 7.05 Å². The van der Waals surface area contributed by atoms with Crippen LogP contribution in [0.4, 0.5) is 0 Å². The Bertz CT molecular complexity index is 787. The SMILES string of the molecule is CCc1nc(CN(C)C(=O)c2c3n(c(=O)n2C)CCCC3)cs1. The van der Waals surface area contributed by atoms with Crippen LogP contribution < -0.4 is 5.69 Å². The van der Waals surface area contributed by atoms with Crippen molar-refractivity contribution in [2.45, 2.75) is 45.7 Å². The molecular weight excluding hydrogens is 312 g/mol. The molecule has 1 aliphatic heterocycles. The van der Waals surface area contributed by atoms with Gasteiger partial charge in [0.1, 0.15) is 5.69 Å². The second-order valence-corrected chi connectivity index (χ2v) is 6.94. The molecule has 2 aromatic rings. The van der Waals surface area contributed by atoms with E-state index in [0.717, 1.165) is 42.1 Å². The lowest BCUT2D eigenvalue weighted by atomic mass is 10.1. The van der Waals surface area contributed by atoms with Crippen molar-refractivity contribution >= 4 is 17.2 Å². The first-order valence-electron chi connectivity index (χ1n) is 8.00. The molecule has 0 aliphatic carbocycles. The van der Waals surface area contributed by atoms with E-state index < -0.39 is 0 Å². The van der Waals surface area contributed by atoms with Crippen LogP contribution in [0.1, 0.15) is 46.6 Å². The number of hydrogen-bond donors (Lipinski definition) is 0. The molecule has 0 spiro atoms. The van der Waals surface area contributed by atoms with Crippen LogP contribution in [0.5, 0.6) is 0 Å². The van der Waals surface area contributed by atoms with Crippen LogP contribution >= 0.6 is 11.3 Å². The van der Waals surface area contributed by atoms with Crippen molar-refractivity contribution in [3.05, 3.63) is 38.0 Å². The highest BCUT2D eigenvalue weighted by molar-refractivity contribution is 7.09. The van der Waals surface area contributed by atoms with E-state index in [0.29, 0.717) is 18.8 Å². The monoisotopic (exact) mass is 334 g/mol. The maximum Gasteiger partial charge on any atom is 0.328 e. The van der Waals surface area contributed by atoms with Gasteiger partial charge in [0.2, 0.25) is 0 Å². The summed E-state index contributed by atoms with van der Waals surface area (Å²) in [5.41, 5.74) is 2.23. The van der Waals surface area contributed by atoms with E-state index in [9.17, 15) is 9.59 Å². The predicted octanol–water partition coefficient (Wildman–Crippen LogP) is 1.81. The largest absolute Gasteiger partial charge is 0.334 e. The molecule has 0 radical (unpaired) electrons. The van der Waals surface area contributed by atoms with Gasteiger partial charge in [-0.05, 0) is 25.7 Å². The van der Waals surface area contributed by atoms with E-state index in [2.05, 4.69) is 11.9 Å². The van der Waals surface area contributed by atoms with Gasteiger partial charge in [-0.25, -0.2) is 9.78 Å². The number of hydrogen-bond acceptors (Lipinski definition) is 4. The summed E-state index contributed by atoms with van der Waals surface area (Å²) in [6.45, 7) is 3.25. The minimum absolute atomic E-state index is 0.0848. The minimum Gasteiger partial charge on any atom is -0.334 e. The third-order valence-corrected chi connectivity index (χ3v) is 5.39. The van der Waals surface area contributed by atoms with Gasteiger partial charge in [0.05, 0.1) is 22.9 Å². The molecule has 0 fully saturated rings. The molecule has 6 nitrogen and oxygen atoms in total. The zero-order valence-corrected chi connectivity index (χ0v) is 14.7. The van der Waals surface area contributed by atoms with E-state index in [4.69, 9.17) is 0 Å². The van der Waals surface area contributed by atoms with Gasteiger partial charge in [-0.2, -0.15) is 0 Å². The summed E-state index contributed by atoms with van der Waals surface area (Å²) in [7, 11) is 3.46. The molecule has 0 N–H and O–H groups in total. The molecule has 0 saturated carbocycles. The highest BCUT2D eigenvalue weighted by atomic mass is 32.1. The highest BCUT2D eigenvalue weighted by Gasteiger charge is 2.27. The minimum atomic E-state index is -0.105. The normalized spacial score (nSPS) is 13.9. The molecule has 124 valence electrons. The number of carbonyl (C=O) groups is 1. The van der Waals surface area contributed by atoms with Crippen molar-refractivity contribution in [1.82, 2.24) is 19.0 Å². The van der Waals surface area contributed by atoms with Crippen molar-refractivity contribution < 1.29 is 4.79 Å². The molecule has 0 unspecified atom stereocenters. The van der Waals surface area contributed by atoms with Crippen molar-refractivity contribution in [1.29, 1.82) is 0 Å². The Morgan fingerprint density at radius 2 is 2.22 bits per heavy atom. The third kappa shape index (κ3) is 2.85. The lowest BCUT2D eigenvalue weighted by Gasteiger charge is -2.19. The summed E-state index contributed by atoms with van der Waals surface area (Å²) in [5, 5.41) is 3.08. The molecule has 7 heteroatoms. The third-order valence-electron chi connectivity index (χ3n) is 4.35. The Balaban J connectivity index is 1.86. The fourth-order valence-electron chi connectivity index (χ4n) is 3.11. The highest BCUT2D eigenvalue weighted by Crippen LogP contribution is 2.19. The average molecular weight is 334 g/mol. The van der Waals surface area contributed by atoms with Gasteiger partial charge in [-0.1, -0.05) is 6.92 Å². The van der Waals surface area contributed by atoms with Gasteiger partial charge < -0.3 is 4.90 Å². The summed E-state index contributed by atoms with van der Waals surface area (Å²) in [5.74, 6) is -0.105. The van der Waals surface area contributed by atoms with Crippen LogP contribution in [-0.4, -0.2) is 32.0 Å². The van der Waals surface area contributed by atoms with E-state index in [1.807, 2.05) is 5.38 Å². The molecule has 3 rings (SSSR count). The van der Waals surface area contributed by atoms with Gasteiger partial charge in [0, 0.05) is 26.0 Å². The number of aromatic nitrogens is 3. The molecule has 1 amide bonds. The van der Waals surface area contributed by atoms with Crippen LogP contribution in [0, 0.1) is 0 Å². The van der Waals surface area contributed by atoms with Gasteiger partial charge >= 0.3 is 5.69 Å². The lowest BCUT2D eigenvalue weighted by molar-refractivity contribution is 0.0772. The molecule has 0 saturated heterocycles. The summed E-state index contributed by atoms with van der Waals surface area (Å²) in [6, 6.07) is 0. The predicted molar refractivity (Wildman–Crippen MR) is 89.9 cm³/mol. The van der Waals surface area contributed by atoms with Gasteiger partial charge in [-0.3, -0.25) is 13.9 Å². The Labute approximate surface area is 139 Å². The van der Waals surface area contributed by atoms with Crippen LogP contribution in [0.15, 0.2) is 10.2 Å². The molecule has 0 bridgehead atoms. The fourth-order valence-corrected chi connectivity index (χ4v) is 3.84. The van der Waals surface area contributed by atoms with Crippen molar-refractivity contribution in [2.75, 3.05) is 7.05 Å². The number of amides is 1. The van der Waals surface area contributed by atoms with Gasteiger partial charge in [-0.15, -0.1) is 11.3 Å². The maximum absolute atomic E-state index is 12.9.